The molecular weight excluding hydrogens is 392 g/mol. The van der Waals surface area contributed by atoms with Crippen LogP contribution in [0.4, 0.5) is 10.5 Å². The standard InChI is InChI=1S/C24H26N4O3/c29-22(18-21-23(30)28(24(31)25-21)20-11-5-2-6-12-20)27-16-14-26(15-17-27)13-7-10-19-8-3-1-4-9-19/h1-12,21H,13-18H2,(H,25,31)/b10-7+/t21-/m1/s1. The molecular formula is C24H26N4O3. The van der Waals surface area contributed by atoms with E-state index in [0.717, 1.165) is 24.5 Å². The van der Waals surface area contributed by atoms with Crippen molar-refractivity contribution in [2.75, 3.05) is 37.6 Å². The highest BCUT2D eigenvalue weighted by molar-refractivity contribution is 6.22. The Balaban J connectivity index is 1.25. The van der Waals surface area contributed by atoms with Gasteiger partial charge >= 0.3 is 6.03 Å². The molecule has 0 aliphatic carbocycles. The number of urea groups is 1. The summed E-state index contributed by atoms with van der Waals surface area (Å²) in [5, 5.41) is 2.64. The summed E-state index contributed by atoms with van der Waals surface area (Å²) in [7, 11) is 0. The van der Waals surface area contributed by atoms with Crippen LogP contribution in [0, 0.1) is 0 Å². The monoisotopic (exact) mass is 418 g/mol. The van der Waals surface area contributed by atoms with E-state index >= 15 is 0 Å². The van der Waals surface area contributed by atoms with Gasteiger partial charge in [-0.05, 0) is 17.7 Å². The van der Waals surface area contributed by atoms with Gasteiger partial charge in [-0.3, -0.25) is 14.5 Å². The summed E-state index contributed by atoms with van der Waals surface area (Å²) >= 11 is 0. The minimum absolute atomic E-state index is 0.0121. The van der Waals surface area contributed by atoms with Gasteiger partial charge in [0, 0.05) is 32.7 Å². The number of rotatable bonds is 6. The third kappa shape index (κ3) is 5.00. The van der Waals surface area contributed by atoms with Crippen LogP contribution in [0.5, 0.6) is 0 Å². The van der Waals surface area contributed by atoms with E-state index in [2.05, 4.69) is 34.5 Å². The predicted octanol–water partition coefficient (Wildman–Crippen LogP) is 2.36. The van der Waals surface area contributed by atoms with Gasteiger partial charge in [-0.2, -0.15) is 0 Å². The summed E-state index contributed by atoms with van der Waals surface area (Å²) in [4.78, 5) is 42.8. The van der Waals surface area contributed by atoms with E-state index in [1.807, 2.05) is 24.3 Å². The molecule has 0 unspecified atom stereocenters. The van der Waals surface area contributed by atoms with Crippen LogP contribution < -0.4 is 10.2 Å². The van der Waals surface area contributed by atoms with Gasteiger partial charge in [0.15, 0.2) is 0 Å². The Bertz CT molecular complexity index is 953. The number of amides is 4. The van der Waals surface area contributed by atoms with Crippen molar-refractivity contribution in [3.63, 3.8) is 0 Å². The Labute approximate surface area is 181 Å². The number of benzene rings is 2. The van der Waals surface area contributed by atoms with Gasteiger partial charge in [-0.1, -0.05) is 60.7 Å². The Kier molecular flexibility index (Phi) is 6.43. The van der Waals surface area contributed by atoms with Crippen molar-refractivity contribution in [3.05, 3.63) is 72.3 Å². The number of anilines is 1. The largest absolute Gasteiger partial charge is 0.340 e. The molecule has 2 fully saturated rings. The minimum atomic E-state index is -0.813. The second kappa shape index (κ2) is 9.57. The molecule has 0 aromatic heterocycles. The van der Waals surface area contributed by atoms with Crippen molar-refractivity contribution in [1.82, 2.24) is 15.1 Å². The number of carbonyl (C=O) groups excluding carboxylic acids is 3. The summed E-state index contributed by atoms with van der Waals surface area (Å²) in [6.45, 7) is 3.64. The second-order valence-corrected chi connectivity index (χ2v) is 7.71. The SMILES string of the molecule is O=C(C[C@H]1NC(=O)N(c2ccccc2)C1=O)N1CCN(C/C=C/c2ccccc2)CC1. The molecule has 2 aromatic rings. The van der Waals surface area contributed by atoms with Crippen LogP contribution in [-0.4, -0.2) is 66.4 Å². The molecule has 31 heavy (non-hydrogen) atoms. The van der Waals surface area contributed by atoms with Gasteiger partial charge in [-0.15, -0.1) is 0 Å². The molecule has 4 amide bonds. The minimum Gasteiger partial charge on any atom is -0.340 e. The topological polar surface area (TPSA) is 73.0 Å². The number of nitrogens with one attached hydrogen (secondary N) is 1. The highest BCUT2D eigenvalue weighted by Crippen LogP contribution is 2.20. The van der Waals surface area contributed by atoms with E-state index in [1.165, 1.54) is 5.56 Å². The molecule has 2 aromatic carbocycles. The molecule has 0 saturated carbocycles. The van der Waals surface area contributed by atoms with Crippen molar-refractivity contribution < 1.29 is 14.4 Å². The van der Waals surface area contributed by atoms with Crippen LogP contribution in [0.15, 0.2) is 66.7 Å². The zero-order valence-electron chi connectivity index (χ0n) is 17.3. The maximum atomic E-state index is 12.7. The molecule has 4 rings (SSSR count). The van der Waals surface area contributed by atoms with Crippen LogP contribution in [-0.2, 0) is 9.59 Å². The third-order valence-electron chi connectivity index (χ3n) is 5.61. The summed E-state index contributed by atoms with van der Waals surface area (Å²) in [5.74, 6) is -0.484. The van der Waals surface area contributed by atoms with Gasteiger partial charge in [-0.25, -0.2) is 9.69 Å². The van der Waals surface area contributed by atoms with Crippen LogP contribution in [0.25, 0.3) is 6.08 Å². The number of hydrogen-bond donors (Lipinski definition) is 1. The number of carbonyl (C=O) groups is 3. The van der Waals surface area contributed by atoms with Gasteiger partial charge in [0.05, 0.1) is 12.1 Å². The third-order valence-corrected chi connectivity index (χ3v) is 5.61. The fraction of sp³-hybridized carbons (Fsp3) is 0.292. The lowest BCUT2D eigenvalue weighted by Gasteiger charge is -2.34. The molecule has 160 valence electrons. The lowest BCUT2D eigenvalue weighted by atomic mass is 10.1. The smallest absolute Gasteiger partial charge is 0.329 e. The summed E-state index contributed by atoms with van der Waals surface area (Å²) in [6, 6.07) is 17.6. The Morgan fingerprint density at radius 3 is 2.26 bits per heavy atom. The van der Waals surface area contributed by atoms with Gasteiger partial charge in [0.2, 0.25) is 5.91 Å². The molecule has 2 aliphatic rings. The van der Waals surface area contributed by atoms with Crippen molar-refractivity contribution in [1.29, 1.82) is 0 Å². The van der Waals surface area contributed by atoms with E-state index in [-0.39, 0.29) is 18.2 Å². The van der Waals surface area contributed by atoms with E-state index in [0.29, 0.717) is 18.8 Å². The van der Waals surface area contributed by atoms with Gasteiger partial charge in [0.25, 0.3) is 5.91 Å². The lowest BCUT2D eigenvalue weighted by molar-refractivity contribution is -0.135. The van der Waals surface area contributed by atoms with Crippen molar-refractivity contribution in [3.8, 4) is 0 Å². The Morgan fingerprint density at radius 2 is 1.58 bits per heavy atom. The number of hydrogen-bond acceptors (Lipinski definition) is 4. The number of nitrogens with zero attached hydrogens (tertiary/aromatic N) is 3. The molecule has 1 N–H and O–H groups in total. The number of imide groups is 1. The molecule has 2 aliphatic heterocycles. The summed E-state index contributed by atoms with van der Waals surface area (Å²) in [5.41, 5.74) is 1.68. The van der Waals surface area contributed by atoms with Gasteiger partial charge in [0.1, 0.15) is 6.04 Å². The first kappa shape index (κ1) is 20.8. The lowest BCUT2D eigenvalue weighted by Crippen LogP contribution is -2.50. The average molecular weight is 418 g/mol. The summed E-state index contributed by atoms with van der Waals surface area (Å²) < 4.78 is 0. The number of piperazine rings is 1. The van der Waals surface area contributed by atoms with Crippen molar-refractivity contribution in [2.24, 2.45) is 0 Å². The van der Waals surface area contributed by atoms with E-state index in [4.69, 9.17) is 0 Å². The maximum absolute atomic E-state index is 12.7. The highest BCUT2D eigenvalue weighted by Gasteiger charge is 2.40. The number of para-hydroxylation sites is 1. The molecule has 0 radical (unpaired) electrons. The zero-order valence-corrected chi connectivity index (χ0v) is 17.3. The van der Waals surface area contributed by atoms with Gasteiger partial charge < -0.3 is 10.2 Å². The second-order valence-electron chi connectivity index (χ2n) is 7.71. The molecule has 1 atom stereocenters. The highest BCUT2D eigenvalue weighted by atomic mass is 16.2. The Hall–Kier alpha value is -3.45. The molecule has 7 nitrogen and oxygen atoms in total. The average Bonchev–Trinajstić information content (AvgIpc) is 3.08. The van der Waals surface area contributed by atoms with E-state index in [1.54, 1.807) is 29.2 Å². The first-order valence-corrected chi connectivity index (χ1v) is 10.5. The van der Waals surface area contributed by atoms with Crippen molar-refractivity contribution >= 4 is 29.6 Å². The first-order valence-electron chi connectivity index (χ1n) is 10.5. The Morgan fingerprint density at radius 1 is 0.935 bits per heavy atom. The molecule has 2 heterocycles. The fourth-order valence-corrected chi connectivity index (χ4v) is 3.88. The van der Waals surface area contributed by atoms with Crippen LogP contribution >= 0.6 is 0 Å². The quantitative estimate of drug-likeness (QED) is 0.731. The normalized spacial score (nSPS) is 19.8. The molecule has 0 spiro atoms. The van der Waals surface area contributed by atoms with Crippen LogP contribution in [0.2, 0.25) is 0 Å². The van der Waals surface area contributed by atoms with Crippen LogP contribution in [0.3, 0.4) is 0 Å². The molecule has 7 heteroatoms. The maximum Gasteiger partial charge on any atom is 0.329 e. The van der Waals surface area contributed by atoms with E-state index in [9.17, 15) is 14.4 Å². The van der Waals surface area contributed by atoms with Crippen LogP contribution in [0.1, 0.15) is 12.0 Å². The molecule has 0 bridgehead atoms. The zero-order chi connectivity index (χ0) is 21.6. The predicted molar refractivity (Wildman–Crippen MR) is 119 cm³/mol. The van der Waals surface area contributed by atoms with Crippen molar-refractivity contribution in [2.45, 2.75) is 12.5 Å². The fourth-order valence-electron chi connectivity index (χ4n) is 3.88. The summed E-state index contributed by atoms with van der Waals surface area (Å²) in [6.07, 6.45) is 4.23. The molecule has 2 saturated heterocycles. The first-order chi connectivity index (χ1) is 15.1. The van der Waals surface area contributed by atoms with E-state index < -0.39 is 12.1 Å².